The first-order chi connectivity index (χ1) is 9.15. The monoisotopic (exact) mass is 340 g/mol. The highest BCUT2D eigenvalue weighted by Gasteiger charge is 2.12. The molecule has 5 heteroatoms. The van der Waals surface area contributed by atoms with E-state index in [1.165, 1.54) is 0 Å². The van der Waals surface area contributed by atoms with Gasteiger partial charge in [0.1, 0.15) is 10.9 Å². The quantitative estimate of drug-likeness (QED) is 0.767. The largest absolute Gasteiger partial charge is 0.497 e. The van der Waals surface area contributed by atoms with E-state index in [4.69, 9.17) is 16.3 Å². The minimum Gasteiger partial charge on any atom is -0.497 e. The normalized spacial score (nSPS) is 10.5. The van der Waals surface area contributed by atoms with E-state index in [2.05, 4.69) is 32.8 Å². The lowest BCUT2D eigenvalue weighted by Crippen LogP contribution is -1.98. The second-order valence-electron chi connectivity index (χ2n) is 4.08. The van der Waals surface area contributed by atoms with Crippen LogP contribution in [0.4, 0.5) is 0 Å². The summed E-state index contributed by atoms with van der Waals surface area (Å²) in [4.78, 5) is 8.88. The Bertz CT molecular complexity index is 590. The van der Waals surface area contributed by atoms with Crippen molar-refractivity contribution in [2.45, 2.75) is 19.8 Å². The number of halogens is 2. The van der Waals surface area contributed by atoms with Crippen LogP contribution in [0.5, 0.6) is 5.75 Å². The molecule has 0 aliphatic heterocycles. The van der Waals surface area contributed by atoms with Crippen molar-refractivity contribution in [1.29, 1.82) is 0 Å². The summed E-state index contributed by atoms with van der Waals surface area (Å²) in [6.45, 7) is 2.10. The van der Waals surface area contributed by atoms with Gasteiger partial charge in [0.2, 0.25) is 0 Å². The lowest BCUT2D eigenvalue weighted by molar-refractivity contribution is 0.415. The molecule has 0 unspecified atom stereocenters. The minimum absolute atomic E-state index is 0.441. The zero-order valence-electron chi connectivity index (χ0n) is 10.8. The van der Waals surface area contributed by atoms with Crippen molar-refractivity contribution in [2.75, 3.05) is 7.11 Å². The van der Waals surface area contributed by atoms with E-state index in [0.29, 0.717) is 11.0 Å². The lowest BCUT2D eigenvalue weighted by Gasteiger charge is -2.08. The van der Waals surface area contributed by atoms with Gasteiger partial charge in [0.15, 0.2) is 5.82 Å². The Morgan fingerprint density at radius 1 is 1.32 bits per heavy atom. The van der Waals surface area contributed by atoms with Crippen LogP contribution in [0, 0.1) is 0 Å². The third-order valence-corrected chi connectivity index (χ3v) is 4.03. The fraction of sp³-hybridized carbons (Fsp3) is 0.286. The molecule has 0 saturated heterocycles. The van der Waals surface area contributed by atoms with Crippen LogP contribution >= 0.6 is 27.5 Å². The predicted molar refractivity (Wildman–Crippen MR) is 80.7 cm³/mol. The first-order valence-corrected chi connectivity index (χ1v) is 7.19. The van der Waals surface area contributed by atoms with E-state index in [0.717, 1.165) is 34.3 Å². The molecule has 0 bridgehead atoms. The minimum atomic E-state index is 0.441. The molecule has 0 saturated carbocycles. The SMILES string of the molecule is CCCc1nc(-c2cccc(OC)c2)nc(Cl)c1Br. The van der Waals surface area contributed by atoms with Crippen molar-refractivity contribution < 1.29 is 4.74 Å². The van der Waals surface area contributed by atoms with Gasteiger partial charge in [0.25, 0.3) is 0 Å². The van der Waals surface area contributed by atoms with Gasteiger partial charge < -0.3 is 4.74 Å². The molecule has 1 heterocycles. The van der Waals surface area contributed by atoms with Crippen LogP contribution in [0.3, 0.4) is 0 Å². The molecule has 2 aromatic rings. The number of methoxy groups -OCH3 is 1. The van der Waals surface area contributed by atoms with Crippen molar-refractivity contribution >= 4 is 27.5 Å². The Hall–Kier alpha value is -1.13. The number of aryl methyl sites for hydroxylation is 1. The van der Waals surface area contributed by atoms with Gasteiger partial charge in [0.05, 0.1) is 17.3 Å². The maximum atomic E-state index is 6.15. The smallest absolute Gasteiger partial charge is 0.161 e. The van der Waals surface area contributed by atoms with Gasteiger partial charge in [-0.2, -0.15) is 0 Å². The molecular formula is C14H14BrClN2O. The number of hydrogen-bond acceptors (Lipinski definition) is 3. The molecule has 2 rings (SSSR count). The molecule has 3 nitrogen and oxygen atoms in total. The molecule has 19 heavy (non-hydrogen) atoms. The van der Waals surface area contributed by atoms with E-state index in [1.807, 2.05) is 24.3 Å². The molecule has 0 aliphatic carbocycles. The van der Waals surface area contributed by atoms with Gasteiger partial charge in [-0.05, 0) is 34.5 Å². The molecule has 0 spiro atoms. The number of hydrogen-bond donors (Lipinski definition) is 0. The Balaban J connectivity index is 2.49. The van der Waals surface area contributed by atoms with Crippen LogP contribution in [-0.2, 0) is 6.42 Å². The topological polar surface area (TPSA) is 35.0 Å². The highest BCUT2D eigenvalue weighted by molar-refractivity contribution is 9.10. The van der Waals surface area contributed by atoms with Crippen molar-refractivity contribution in [1.82, 2.24) is 9.97 Å². The molecule has 1 aromatic carbocycles. The van der Waals surface area contributed by atoms with Crippen molar-refractivity contribution in [3.05, 3.63) is 39.6 Å². The summed E-state index contributed by atoms with van der Waals surface area (Å²) >= 11 is 9.58. The molecule has 0 atom stereocenters. The fourth-order valence-electron chi connectivity index (χ4n) is 1.76. The predicted octanol–water partition coefficient (Wildman–Crippen LogP) is 4.52. The second-order valence-corrected chi connectivity index (χ2v) is 5.23. The molecule has 1 aromatic heterocycles. The molecule has 0 fully saturated rings. The zero-order valence-corrected chi connectivity index (χ0v) is 13.1. The molecule has 0 amide bonds. The number of ether oxygens (including phenoxy) is 1. The Labute approximate surface area is 126 Å². The summed E-state index contributed by atoms with van der Waals surface area (Å²) in [6.07, 6.45) is 1.86. The first kappa shape index (κ1) is 14.3. The van der Waals surface area contributed by atoms with Crippen LogP contribution in [0.15, 0.2) is 28.7 Å². The summed E-state index contributed by atoms with van der Waals surface area (Å²) in [5.41, 5.74) is 1.83. The van der Waals surface area contributed by atoms with Gasteiger partial charge in [0, 0.05) is 5.56 Å². The van der Waals surface area contributed by atoms with Gasteiger partial charge >= 0.3 is 0 Å². The third kappa shape index (κ3) is 3.25. The zero-order chi connectivity index (χ0) is 13.8. The number of nitrogens with zero attached hydrogens (tertiary/aromatic N) is 2. The maximum Gasteiger partial charge on any atom is 0.161 e. The maximum absolute atomic E-state index is 6.15. The second kappa shape index (κ2) is 6.35. The van der Waals surface area contributed by atoms with E-state index in [9.17, 15) is 0 Å². The van der Waals surface area contributed by atoms with E-state index in [-0.39, 0.29) is 0 Å². The van der Waals surface area contributed by atoms with Crippen molar-refractivity contribution in [3.63, 3.8) is 0 Å². The van der Waals surface area contributed by atoms with Gasteiger partial charge in [-0.25, -0.2) is 9.97 Å². The third-order valence-electron chi connectivity index (χ3n) is 2.69. The van der Waals surface area contributed by atoms with Gasteiger partial charge in [-0.1, -0.05) is 37.1 Å². The van der Waals surface area contributed by atoms with Crippen LogP contribution in [0.1, 0.15) is 19.0 Å². The van der Waals surface area contributed by atoms with Crippen LogP contribution < -0.4 is 4.74 Å². The van der Waals surface area contributed by atoms with Gasteiger partial charge in [-0.15, -0.1) is 0 Å². The summed E-state index contributed by atoms with van der Waals surface area (Å²) in [5, 5.41) is 0.441. The number of aromatic nitrogens is 2. The van der Waals surface area contributed by atoms with E-state index >= 15 is 0 Å². The average molecular weight is 342 g/mol. The Morgan fingerprint density at radius 2 is 2.11 bits per heavy atom. The van der Waals surface area contributed by atoms with E-state index in [1.54, 1.807) is 7.11 Å². The van der Waals surface area contributed by atoms with Crippen LogP contribution in [0.2, 0.25) is 5.15 Å². The summed E-state index contributed by atoms with van der Waals surface area (Å²) in [6, 6.07) is 7.64. The summed E-state index contributed by atoms with van der Waals surface area (Å²) in [7, 11) is 1.64. The Morgan fingerprint density at radius 3 is 2.79 bits per heavy atom. The highest BCUT2D eigenvalue weighted by atomic mass is 79.9. The molecular weight excluding hydrogens is 328 g/mol. The lowest BCUT2D eigenvalue weighted by atomic mass is 10.2. The van der Waals surface area contributed by atoms with Crippen molar-refractivity contribution in [2.24, 2.45) is 0 Å². The number of rotatable bonds is 4. The molecule has 0 aliphatic rings. The number of benzene rings is 1. The van der Waals surface area contributed by atoms with Crippen LogP contribution in [-0.4, -0.2) is 17.1 Å². The van der Waals surface area contributed by atoms with Crippen LogP contribution in [0.25, 0.3) is 11.4 Å². The highest BCUT2D eigenvalue weighted by Crippen LogP contribution is 2.28. The summed E-state index contributed by atoms with van der Waals surface area (Å²) < 4.78 is 5.99. The van der Waals surface area contributed by atoms with Gasteiger partial charge in [-0.3, -0.25) is 0 Å². The standard InChI is InChI=1S/C14H14BrClN2O/c1-3-5-11-12(15)13(16)18-14(17-11)9-6-4-7-10(8-9)19-2/h4,6-8H,3,5H2,1-2H3. The van der Waals surface area contributed by atoms with E-state index < -0.39 is 0 Å². The Kier molecular flexibility index (Phi) is 4.77. The average Bonchev–Trinajstić information content (AvgIpc) is 2.44. The molecule has 100 valence electrons. The first-order valence-electron chi connectivity index (χ1n) is 6.02. The fourth-order valence-corrected chi connectivity index (χ4v) is 2.32. The molecule has 0 N–H and O–H groups in total. The molecule has 0 radical (unpaired) electrons. The van der Waals surface area contributed by atoms with Crippen molar-refractivity contribution in [3.8, 4) is 17.1 Å². The summed E-state index contributed by atoms with van der Waals surface area (Å²) in [5.74, 6) is 1.40.